The molecule has 0 bridgehead atoms. The largest absolute Gasteiger partial charge is 0.365 e. The van der Waals surface area contributed by atoms with Crippen LogP contribution in [0.3, 0.4) is 0 Å². The first-order valence-corrected chi connectivity index (χ1v) is 9.98. The normalized spacial score (nSPS) is 15.7. The van der Waals surface area contributed by atoms with Gasteiger partial charge in [0.1, 0.15) is 5.82 Å². The first-order valence-electron chi connectivity index (χ1n) is 9.98. The number of hydrogen-bond donors (Lipinski definition) is 4. The van der Waals surface area contributed by atoms with Crippen molar-refractivity contribution in [2.45, 2.75) is 45.3 Å². The summed E-state index contributed by atoms with van der Waals surface area (Å²) in [5, 5.41) is 11.3. The number of fused-ring (bicyclic) bond motifs is 1. The molecular weight excluding hydrogens is 387 g/mol. The van der Waals surface area contributed by atoms with Crippen LogP contribution in [0, 0.1) is 11.7 Å². The molecule has 3 heterocycles. The molecular formula is C20H25FN8O. The average Bonchev–Trinajstić information content (AvgIpc) is 3.45. The van der Waals surface area contributed by atoms with E-state index in [0.717, 1.165) is 29.8 Å². The number of nitrogens with one attached hydrogen (secondary N) is 2. The molecule has 1 saturated carbocycles. The number of nitrogens with two attached hydrogens (primary N) is 2. The fourth-order valence-corrected chi connectivity index (χ4v) is 3.63. The summed E-state index contributed by atoms with van der Waals surface area (Å²) in [5.74, 6) is -0.886. The quantitative estimate of drug-likeness (QED) is 0.446. The molecule has 0 aromatic carbocycles. The molecule has 2 atom stereocenters. The monoisotopic (exact) mass is 412 g/mol. The number of aryl methyl sites for hydroxylation is 1. The van der Waals surface area contributed by atoms with Crippen LogP contribution in [0.1, 0.15) is 37.0 Å². The highest BCUT2D eigenvalue weighted by Gasteiger charge is 2.34. The highest BCUT2D eigenvalue weighted by Crippen LogP contribution is 2.36. The van der Waals surface area contributed by atoms with E-state index in [1.165, 1.54) is 0 Å². The van der Waals surface area contributed by atoms with Crippen LogP contribution in [0.15, 0.2) is 24.7 Å². The molecule has 3 aromatic rings. The lowest BCUT2D eigenvalue weighted by atomic mass is 10.1. The first-order chi connectivity index (χ1) is 14.4. The van der Waals surface area contributed by atoms with Gasteiger partial charge in [-0.25, -0.2) is 9.37 Å². The van der Waals surface area contributed by atoms with Crippen molar-refractivity contribution in [3.05, 3.63) is 36.0 Å². The molecule has 1 fully saturated rings. The van der Waals surface area contributed by atoms with Crippen LogP contribution in [0.5, 0.6) is 0 Å². The van der Waals surface area contributed by atoms with Crippen molar-refractivity contribution < 1.29 is 9.18 Å². The predicted molar refractivity (Wildman–Crippen MR) is 113 cm³/mol. The van der Waals surface area contributed by atoms with Crippen molar-refractivity contribution in [2.24, 2.45) is 17.4 Å². The summed E-state index contributed by atoms with van der Waals surface area (Å²) in [7, 11) is 0. The molecule has 9 nitrogen and oxygen atoms in total. The van der Waals surface area contributed by atoms with Crippen molar-refractivity contribution in [3.63, 3.8) is 0 Å². The lowest BCUT2D eigenvalue weighted by molar-refractivity contribution is 0.100. The first kappa shape index (κ1) is 20.0. The molecule has 1 amide bonds. The molecule has 10 heteroatoms. The van der Waals surface area contributed by atoms with Crippen LogP contribution in [-0.4, -0.2) is 37.7 Å². The van der Waals surface area contributed by atoms with E-state index >= 15 is 0 Å². The van der Waals surface area contributed by atoms with Gasteiger partial charge in [-0.2, -0.15) is 5.10 Å². The molecule has 4 rings (SSSR count). The maximum absolute atomic E-state index is 14.7. The van der Waals surface area contributed by atoms with Crippen molar-refractivity contribution in [3.8, 4) is 0 Å². The summed E-state index contributed by atoms with van der Waals surface area (Å²) in [6.07, 6.45) is 7.09. The van der Waals surface area contributed by atoms with Gasteiger partial charge in [0.2, 0.25) is 0 Å². The Kier molecular flexibility index (Phi) is 5.25. The van der Waals surface area contributed by atoms with E-state index in [4.69, 9.17) is 11.5 Å². The Morgan fingerprint density at radius 2 is 2.10 bits per heavy atom. The number of pyridine rings is 2. The molecule has 6 N–H and O–H groups in total. The second-order valence-corrected chi connectivity index (χ2v) is 7.65. The Morgan fingerprint density at radius 1 is 1.33 bits per heavy atom. The lowest BCUT2D eigenvalue weighted by Gasteiger charge is -2.23. The summed E-state index contributed by atoms with van der Waals surface area (Å²) >= 11 is 0. The zero-order valence-corrected chi connectivity index (χ0v) is 16.9. The second-order valence-electron chi connectivity index (χ2n) is 7.65. The van der Waals surface area contributed by atoms with Gasteiger partial charge in [-0.05, 0) is 38.7 Å². The number of amides is 1. The van der Waals surface area contributed by atoms with Gasteiger partial charge in [-0.15, -0.1) is 0 Å². The lowest BCUT2D eigenvalue weighted by Crippen LogP contribution is -2.40. The topological polar surface area (TPSA) is 137 Å². The SMILES string of the molecule is CCn1ncc2c(Nc3nc(N[C@H](C4CC4)[C@H](C)N)c(F)cc3C(N)=O)cncc21. The Labute approximate surface area is 173 Å². The molecule has 0 saturated heterocycles. The van der Waals surface area contributed by atoms with Crippen LogP contribution in [0.25, 0.3) is 10.9 Å². The molecule has 0 aliphatic heterocycles. The van der Waals surface area contributed by atoms with Crippen LogP contribution in [0.2, 0.25) is 0 Å². The average molecular weight is 412 g/mol. The Morgan fingerprint density at radius 3 is 2.73 bits per heavy atom. The zero-order chi connectivity index (χ0) is 21.4. The van der Waals surface area contributed by atoms with E-state index < -0.39 is 11.7 Å². The molecule has 0 spiro atoms. The van der Waals surface area contributed by atoms with Gasteiger partial charge in [0.15, 0.2) is 11.6 Å². The molecule has 3 aromatic heterocycles. The number of anilines is 3. The van der Waals surface area contributed by atoms with Crippen LogP contribution in [-0.2, 0) is 6.54 Å². The highest BCUT2D eigenvalue weighted by molar-refractivity contribution is 6.00. The van der Waals surface area contributed by atoms with Gasteiger partial charge < -0.3 is 22.1 Å². The van der Waals surface area contributed by atoms with Crippen molar-refractivity contribution in [1.82, 2.24) is 19.7 Å². The molecule has 158 valence electrons. The van der Waals surface area contributed by atoms with Gasteiger partial charge in [0, 0.05) is 24.0 Å². The Balaban J connectivity index is 1.73. The Hall–Kier alpha value is -3.27. The third-order valence-electron chi connectivity index (χ3n) is 5.36. The van der Waals surface area contributed by atoms with Crippen LogP contribution >= 0.6 is 0 Å². The third-order valence-corrected chi connectivity index (χ3v) is 5.36. The minimum absolute atomic E-state index is 0.0288. The van der Waals surface area contributed by atoms with E-state index in [2.05, 4.69) is 25.7 Å². The van der Waals surface area contributed by atoms with E-state index in [9.17, 15) is 9.18 Å². The minimum Gasteiger partial charge on any atom is -0.365 e. The number of primary amides is 1. The van der Waals surface area contributed by atoms with Gasteiger partial charge >= 0.3 is 0 Å². The smallest absolute Gasteiger partial charge is 0.252 e. The van der Waals surface area contributed by atoms with Crippen molar-refractivity contribution in [1.29, 1.82) is 0 Å². The van der Waals surface area contributed by atoms with Gasteiger partial charge in [0.25, 0.3) is 5.91 Å². The minimum atomic E-state index is -0.786. The second kappa shape index (κ2) is 7.86. The van der Waals surface area contributed by atoms with E-state index in [-0.39, 0.29) is 29.3 Å². The van der Waals surface area contributed by atoms with Crippen molar-refractivity contribution in [2.75, 3.05) is 10.6 Å². The predicted octanol–water partition coefficient (Wildman–Crippen LogP) is 2.37. The summed E-state index contributed by atoms with van der Waals surface area (Å²) in [4.78, 5) is 20.5. The van der Waals surface area contributed by atoms with Crippen LogP contribution < -0.4 is 22.1 Å². The molecule has 30 heavy (non-hydrogen) atoms. The number of halogens is 1. The fraction of sp³-hybridized carbons (Fsp3) is 0.400. The van der Waals surface area contributed by atoms with E-state index in [0.29, 0.717) is 18.2 Å². The number of aromatic nitrogens is 4. The third kappa shape index (κ3) is 3.78. The number of rotatable bonds is 8. The standard InChI is InChI=1S/C20H25FN8O/c1-3-29-16-9-24-8-15(13(16)7-25-29)26-19-12(18(23)30)6-14(21)20(28-19)27-17(10(2)22)11-4-5-11/h6-11,17H,3-5,22H2,1-2H3,(H2,23,30)(H2,26,27,28)/t10-,17-/m0/s1. The zero-order valence-electron chi connectivity index (χ0n) is 16.9. The van der Waals surface area contributed by atoms with E-state index in [1.54, 1.807) is 23.3 Å². The molecule has 1 aliphatic carbocycles. The van der Waals surface area contributed by atoms with Crippen molar-refractivity contribution >= 4 is 34.1 Å². The molecule has 1 aliphatic rings. The number of hydrogen-bond acceptors (Lipinski definition) is 7. The van der Waals surface area contributed by atoms with Gasteiger partial charge in [-0.3, -0.25) is 14.5 Å². The van der Waals surface area contributed by atoms with E-state index in [1.807, 2.05) is 13.8 Å². The van der Waals surface area contributed by atoms with Crippen LogP contribution in [0.4, 0.5) is 21.7 Å². The van der Waals surface area contributed by atoms with Gasteiger partial charge in [0.05, 0.1) is 35.4 Å². The maximum Gasteiger partial charge on any atom is 0.252 e. The molecule has 0 radical (unpaired) electrons. The summed E-state index contributed by atoms with van der Waals surface area (Å²) in [5.41, 5.74) is 12.9. The Bertz CT molecular complexity index is 1090. The summed E-state index contributed by atoms with van der Waals surface area (Å²) in [6, 6.07) is 0.810. The summed E-state index contributed by atoms with van der Waals surface area (Å²) in [6.45, 7) is 4.54. The van der Waals surface area contributed by atoms with Gasteiger partial charge in [-0.1, -0.05) is 0 Å². The number of nitrogens with zero attached hydrogens (tertiary/aromatic N) is 4. The maximum atomic E-state index is 14.7. The number of carbonyl (C=O) groups is 1. The fourth-order valence-electron chi connectivity index (χ4n) is 3.63. The highest BCUT2D eigenvalue weighted by atomic mass is 19.1. The number of carbonyl (C=O) groups excluding carboxylic acids is 1. The summed E-state index contributed by atoms with van der Waals surface area (Å²) < 4.78 is 16.5. The molecule has 0 unspecified atom stereocenters.